The molecule has 32 heavy (non-hydrogen) atoms. The summed E-state index contributed by atoms with van der Waals surface area (Å²) in [5, 5.41) is 24.0. The number of aliphatic carboxylic acids is 1. The maximum Gasteiger partial charge on any atom is 0.347 e. The highest BCUT2D eigenvalue weighted by Crippen LogP contribution is 2.40. The van der Waals surface area contributed by atoms with Gasteiger partial charge < -0.3 is 19.9 Å². The Bertz CT molecular complexity index is 1010. The molecule has 0 aromatic heterocycles. The van der Waals surface area contributed by atoms with Crippen molar-refractivity contribution in [2.75, 3.05) is 7.11 Å². The molecule has 0 saturated carbocycles. The number of allylic oxidation sites excluding steroid dienone is 2. The van der Waals surface area contributed by atoms with Crippen molar-refractivity contribution in [1.82, 2.24) is 5.32 Å². The number of hydrogen-bond donors (Lipinski definition) is 2. The summed E-state index contributed by atoms with van der Waals surface area (Å²) >= 11 is 0. The molecule has 1 aromatic rings. The van der Waals surface area contributed by atoms with Gasteiger partial charge in [0.25, 0.3) is 5.69 Å². The van der Waals surface area contributed by atoms with Crippen LogP contribution in [0.15, 0.2) is 46.8 Å². The van der Waals surface area contributed by atoms with Crippen LogP contribution in [0.5, 0.6) is 0 Å². The molecule has 2 unspecified atom stereocenters. The minimum atomic E-state index is -1.30. The van der Waals surface area contributed by atoms with Crippen LogP contribution in [0.3, 0.4) is 0 Å². The van der Waals surface area contributed by atoms with Gasteiger partial charge in [-0.1, -0.05) is 26.0 Å². The van der Waals surface area contributed by atoms with Crippen molar-refractivity contribution < 1.29 is 33.9 Å². The third-order valence-corrected chi connectivity index (χ3v) is 5.02. The van der Waals surface area contributed by atoms with E-state index in [4.69, 9.17) is 9.47 Å². The molecule has 2 rings (SSSR count). The maximum atomic E-state index is 13.2. The number of carbonyl (C=O) groups is 3. The number of nitro benzene ring substituents is 1. The fourth-order valence-corrected chi connectivity index (χ4v) is 3.64. The van der Waals surface area contributed by atoms with E-state index in [2.05, 4.69) is 5.32 Å². The van der Waals surface area contributed by atoms with Crippen LogP contribution in [-0.2, 0) is 23.9 Å². The number of carboxylic acid groups (broad SMARTS) is 1. The van der Waals surface area contributed by atoms with E-state index in [0.717, 1.165) is 0 Å². The third kappa shape index (κ3) is 5.32. The Morgan fingerprint density at radius 3 is 2.34 bits per heavy atom. The summed E-state index contributed by atoms with van der Waals surface area (Å²) < 4.78 is 10.2. The minimum Gasteiger partial charge on any atom is -0.478 e. The maximum absolute atomic E-state index is 13.2. The second kappa shape index (κ2) is 10.1. The van der Waals surface area contributed by atoms with Crippen molar-refractivity contribution in [3.05, 3.63) is 62.5 Å². The van der Waals surface area contributed by atoms with Gasteiger partial charge in [-0.05, 0) is 31.7 Å². The first-order chi connectivity index (χ1) is 15.0. The Morgan fingerprint density at radius 2 is 1.81 bits per heavy atom. The van der Waals surface area contributed by atoms with Gasteiger partial charge in [-0.25, -0.2) is 14.4 Å². The van der Waals surface area contributed by atoms with E-state index in [1.807, 2.05) is 13.8 Å². The molecule has 172 valence electrons. The number of non-ortho nitro benzene ring substituents is 1. The van der Waals surface area contributed by atoms with Crippen molar-refractivity contribution in [1.29, 1.82) is 0 Å². The lowest BCUT2D eigenvalue weighted by atomic mass is 9.80. The first-order valence-corrected chi connectivity index (χ1v) is 9.92. The number of carboxylic acids is 1. The number of benzene rings is 1. The Hall–Kier alpha value is -3.69. The lowest BCUT2D eigenvalue weighted by Gasteiger charge is -2.30. The molecule has 0 saturated heterocycles. The smallest absolute Gasteiger partial charge is 0.347 e. The number of hydrogen-bond acceptors (Lipinski definition) is 8. The average Bonchev–Trinajstić information content (AvgIpc) is 2.71. The van der Waals surface area contributed by atoms with Gasteiger partial charge >= 0.3 is 17.9 Å². The molecule has 0 fully saturated rings. The lowest BCUT2D eigenvalue weighted by Crippen LogP contribution is -2.35. The number of nitro groups is 1. The van der Waals surface area contributed by atoms with Crippen LogP contribution < -0.4 is 5.32 Å². The lowest BCUT2D eigenvalue weighted by molar-refractivity contribution is -0.384. The fourth-order valence-electron chi connectivity index (χ4n) is 3.64. The number of ether oxygens (including phenoxy) is 2. The number of carbonyl (C=O) groups excluding carboxylic acids is 2. The van der Waals surface area contributed by atoms with Crippen LogP contribution in [0, 0.1) is 16.0 Å². The van der Waals surface area contributed by atoms with Gasteiger partial charge in [0.2, 0.25) is 0 Å². The zero-order valence-electron chi connectivity index (χ0n) is 18.5. The number of esters is 2. The molecule has 0 spiro atoms. The molecule has 1 aliphatic rings. The summed E-state index contributed by atoms with van der Waals surface area (Å²) in [5.41, 5.74) is 0.396. The summed E-state index contributed by atoms with van der Waals surface area (Å²) in [6.45, 7) is 6.79. The van der Waals surface area contributed by atoms with Gasteiger partial charge in [0.05, 0.1) is 29.1 Å². The number of dihydropyridines is 1. The fraction of sp³-hybridized carbons (Fsp3) is 0.409. The molecule has 2 N–H and O–H groups in total. The summed E-state index contributed by atoms with van der Waals surface area (Å²) in [6.07, 6.45) is -0.973. The van der Waals surface area contributed by atoms with Crippen molar-refractivity contribution in [2.45, 2.75) is 46.1 Å². The first kappa shape index (κ1) is 24.6. The van der Waals surface area contributed by atoms with E-state index < -0.39 is 34.9 Å². The number of nitrogens with zero attached hydrogens (tertiary/aromatic N) is 1. The Morgan fingerprint density at radius 1 is 1.19 bits per heavy atom. The molecule has 1 aromatic carbocycles. The predicted octanol–water partition coefficient (Wildman–Crippen LogP) is 3.05. The van der Waals surface area contributed by atoms with Gasteiger partial charge in [0, 0.05) is 23.5 Å². The molecule has 10 heteroatoms. The first-order valence-electron chi connectivity index (χ1n) is 9.92. The van der Waals surface area contributed by atoms with Crippen molar-refractivity contribution in [3.63, 3.8) is 0 Å². The zero-order valence-corrected chi connectivity index (χ0v) is 18.5. The quantitative estimate of drug-likeness (QED) is 0.349. The van der Waals surface area contributed by atoms with Gasteiger partial charge in [-0.3, -0.25) is 10.1 Å². The van der Waals surface area contributed by atoms with Crippen LogP contribution in [0.25, 0.3) is 0 Å². The summed E-state index contributed by atoms with van der Waals surface area (Å²) in [4.78, 5) is 48.1. The highest BCUT2D eigenvalue weighted by molar-refractivity contribution is 6.00. The van der Waals surface area contributed by atoms with Crippen LogP contribution in [0.4, 0.5) is 5.69 Å². The van der Waals surface area contributed by atoms with Crippen LogP contribution >= 0.6 is 0 Å². The van der Waals surface area contributed by atoms with Gasteiger partial charge in [0.1, 0.15) is 0 Å². The summed E-state index contributed by atoms with van der Waals surface area (Å²) in [5.74, 6) is -4.06. The molecule has 10 nitrogen and oxygen atoms in total. The second-order valence-corrected chi connectivity index (χ2v) is 7.84. The largest absolute Gasteiger partial charge is 0.478 e. The molecular formula is C22H26N2O8. The van der Waals surface area contributed by atoms with Crippen LogP contribution in [0.2, 0.25) is 0 Å². The Labute approximate surface area is 185 Å². The van der Waals surface area contributed by atoms with Crippen molar-refractivity contribution >= 4 is 23.6 Å². The van der Waals surface area contributed by atoms with Crippen LogP contribution in [0.1, 0.15) is 45.6 Å². The normalized spacial score (nSPS) is 17.0. The van der Waals surface area contributed by atoms with E-state index in [-0.39, 0.29) is 40.4 Å². The molecule has 1 heterocycles. The predicted molar refractivity (Wildman–Crippen MR) is 113 cm³/mol. The average molecular weight is 446 g/mol. The Balaban J connectivity index is 2.59. The van der Waals surface area contributed by atoms with E-state index in [9.17, 15) is 29.6 Å². The SMILES string of the molecule is COC(=O)C(CC(C)C)OC(=O)C1=C(C)NC(C)=C(C(=O)O)C1c1cccc([N+](=O)[O-])c1. The van der Waals surface area contributed by atoms with Crippen molar-refractivity contribution in [3.8, 4) is 0 Å². The molecule has 2 atom stereocenters. The topological polar surface area (TPSA) is 145 Å². The molecular weight excluding hydrogens is 420 g/mol. The van der Waals surface area contributed by atoms with Gasteiger partial charge in [0.15, 0.2) is 6.10 Å². The summed E-state index contributed by atoms with van der Waals surface area (Å²) in [7, 11) is 1.18. The highest BCUT2D eigenvalue weighted by Gasteiger charge is 2.39. The summed E-state index contributed by atoms with van der Waals surface area (Å²) in [6, 6.07) is 5.41. The van der Waals surface area contributed by atoms with E-state index >= 15 is 0 Å². The van der Waals surface area contributed by atoms with Gasteiger partial charge in [-0.2, -0.15) is 0 Å². The Kier molecular flexibility index (Phi) is 7.74. The molecule has 1 aliphatic heterocycles. The molecule has 0 radical (unpaired) electrons. The highest BCUT2D eigenvalue weighted by atomic mass is 16.6. The zero-order chi connectivity index (χ0) is 24.2. The molecule has 0 bridgehead atoms. The van der Waals surface area contributed by atoms with E-state index in [0.29, 0.717) is 5.70 Å². The molecule has 0 amide bonds. The van der Waals surface area contributed by atoms with E-state index in [1.54, 1.807) is 6.92 Å². The number of nitrogens with one attached hydrogen (secondary N) is 1. The van der Waals surface area contributed by atoms with E-state index in [1.165, 1.54) is 38.3 Å². The van der Waals surface area contributed by atoms with Crippen LogP contribution in [-0.4, -0.2) is 41.2 Å². The second-order valence-electron chi connectivity index (χ2n) is 7.84. The molecule has 0 aliphatic carbocycles. The monoisotopic (exact) mass is 446 g/mol. The number of methoxy groups -OCH3 is 1. The number of rotatable bonds is 8. The van der Waals surface area contributed by atoms with Gasteiger partial charge in [-0.15, -0.1) is 0 Å². The minimum absolute atomic E-state index is 0.00995. The standard InChI is InChI=1S/C22H26N2O8/c1-11(2)9-16(21(27)31-5)32-22(28)18-13(4)23-12(3)17(20(25)26)19(18)14-7-6-8-15(10-14)24(29)30/h6-8,10-11,16,19,23H,9H2,1-5H3,(H,25,26). The third-order valence-electron chi connectivity index (χ3n) is 5.02. The van der Waals surface area contributed by atoms with Crippen molar-refractivity contribution in [2.24, 2.45) is 5.92 Å².